The van der Waals surface area contributed by atoms with Gasteiger partial charge >= 0.3 is 6.03 Å². The van der Waals surface area contributed by atoms with Gasteiger partial charge in [0, 0.05) is 61.6 Å². The Morgan fingerprint density at radius 2 is 2.04 bits per heavy atom. The van der Waals surface area contributed by atoms with Crippen LogP contribution >= 0.6 is 11.6 Å². The molecule has 5 rings (SSSR count). The quantitative estimate of drug-likeness (QED) is 0.755. The normalized spacial score (nSPS) is 20.3. The Hall–Kier alpha value is -2.54. The molecule has 27 heavy (non-hydrogen) atoms. The van der Waals surface area contributed by atoms with Crippen molar-refractivity contribution in [2.24, 2.45) is 5.41 Å². The molecule has 3 aliphatic rings. The Bertz CT molecular complexity index is 864. The number of likely N-dealkylation sites (tertiary alicyclic amines) is 1. The molecule has 2 amide bonds. The molecule has 2 fully saturated rings. The van der Waals surface area contributed by atoms with Crippen LogP contribution in [0.5, 0.6) is 5.75 Å². The number of ether oxygens (including phenoxy) is 1. The lowest BCUT2D eigenvalue weighted by atomic mass is 9.73. The van der Waals surface area contributed by atoms with Crippen molar-refractivity contribution in [2.45, 2.75) is 6.42 Å². The molecule has 8 heteroatoms. The van der Waals surface area contributed by atoms with Crippen molar-refractivity contribution < 1.29 is 9.53 Å². The summed E-state index contributed by atoms with van der Waals surface area (Å²) < 4.78 is 5.76. The molecule has 0 N–H and O–H groups in total. The Balaban J connectivity index is 1.25. The number of amides is 2. The number of anilines is 2. The number of benzene rings is 1. The second-order valence-electron chi connectivity index (χ2n) is 7.52. The SMILES string of the molecule is O=C(N1CC2(C1)CN(c1cnccn1)C2)N1CCCOc2cc(Cl)ccc21. The zero-order chi connectivity index (χ0) is 18.4. The summed E-state index contributed by atoms with van der Waals surface area (Å²) in [7, 11) is 0. The molecular weight excluding hydrogens is 366 g/mol. The number of carbonyl (C=O) groups excluding carboxylic acids is 1. The van der Waals surface area contributed by atoms with E-state index in [0.29, 0.717) is 23.9 Å². The highest BCUT2D eigenvalue weighted by atomic mass is 35.5. The summed E-state index contributed by atoms with van der Waals surface area (Å²) in [5.41, 5.74) is 0.996. The van der Waals surface area contributed by atoms with Crippen LogP contribution in [0.3, 0.4) is 0 Å². The van der Waals surface area contributed by atoms with E-state index in [2.05, 4.69) is 14.9 Å². The predicted molar refractivity (Wildman–Crippen MR) is 103 cm³/mol. The molecule has 2 saturated heterocycles. The van der Waals surface area contributed by atoms with Gasteiger partial charge in [0.05, 0.1) is 18.5 Å². The van der Waals surface area contributed by atoms with Gasteiger partial charge in [0.2, 0.25) is 0 Å². The summed E-state index contributed by atoms with van der Waals surface area (Å²) in [6, 6.07) is 5.51. The van der Waals surface area contributed by atoms with E-state index >= 15 is 0 Å². The van der Waals surface area contributed by atoms with Crippen LogP contribution in [0.25, 0.3) is 0 Å². The van der Waals surface area contributed by atoms with E-state index in [1.165, 1.54) is 0 Å². The number of fused-ring (bicyclic) bond motifs is 1. The third-order valence-corrected chi connectivity index (χ3v) is 5.71. The van der Waals surface area contributed by atoms with Crippen LogP contribution in [0.1, 0.15) is 6.42 Å². The van der Waals surface area contributed by atoms with Gasteiger partial charge in [-0.3, -0.25) is 9.88 Å². The zero-order valence-electron chi connectivity index (χ0n) is 14.8. The molecule has 1 aromatic heterocycles. The minimum absolute atomic E-state index is 0.0488. The second-order valence-corrected chi connectivity index (χ2v) is 7.96. The number of aromatic nitrogens is 2. The minimum atomic E-state index is 0.0488. The van der Waals surface area contributed by atoms with Crippen LogP contribution in [0.4, 0.5) is 16.3 Å². The monoisotopic (exact) mass is 385 g/mol. The van der Waals surface area contributed by atoms with Crippen LogP contribution in [-0.4, -0.2) is 60.2 Å². The fourth-order valence-electron chi connectivity index (χ4n) is 4.20. The number of hydrogen-bond donors (Lipinski definition) is 0. The average Bonchev–Trinajstić information content (AvgIpc) is 2.82. The Kier molecular flexibility index (Phi) is 3.86. The number of rotatable bonds is 1. The van der Waals surface area contributed by atoms with Crippen molar-refractivity contribution >= 4 is 29.1 Å². The molecule has 0 atom stereocenters. The molecule has 4 heterocycles. The average molecular weight is 386 g/mol. The first-order chi connectivity index (χ1) is 13.1. The zero-order valence-corrected chi connectivity index (χ0v) is 15.6. The summed E-state index contributed by atoms with van der Waals surface area (Å²) in [5, 5.41) is 0.615. The number of hydrogen-bond acceptors (Lipinski definition) is 5. The molecule has 0 saturated carbocycles. The predicted octanol–water partition coefficient (Wildman–Crippen LogP) is 2.66. The summed E-state index contributed by atoms with van der Waals surface area (Å²) >= 11 is 6.08. The minimum Gasteiger partial charge on any atom is -0.491 e. The van der Waals surface area contributed by atoms with E-state index in [1.807, 2.05) is 15.9 Å². The van der Waals surface area contributed by atoms with Gasteiger partial charge in [0.15, 0.2) is 0 Å². The van der Waals surface area contributed by atoms with Crippen molar-refractivity contribution in [1.82, 2.24) is 14.9 Å². The lowest BCUT2D eigenvalue weighted by molar-refractivity contribution is 0.00965. The van der Waals surface area contributed by atoms with Crippen LogP contribution < -0.4 is 14.5 Å². The van der Waals surface area contributed by atoms with Crippen molar-refractivity contribution in [3.63, 3.8) is 0 Å². The molecular formula is C19H20ClN5O2. The van der Waals surface area contributed by atoms with E-state index in [-0.39, 0.29) is 11.4 Å². The summed E-state index contributed by atoms with van der Waals surface area (Å²) in [6.07, 6.45) is 5.98. The Morgan fingerprint density at radius 1 is 1.19 bits per heavy atom. The Labute approximate surface area is 162 Å². The largest absolute Gasteiger partial charge is 0.491 e. The fourth-order valence-corrected chi connectivity index (χ4v) is 4.36. The van der Waals surface area contributed by atoms with Crippen molar-refractivity contribution in [3.05, 3.63) is 41.8 Å². The lowest BCUT2D eigenvalue weighted by Gasteiger charge is -2.60. The fraction of sp³-hybridized carbons (Fsp3) is 0.421. The van der Waals surface area contributed by atoms with E-state index in [9.17, 15) is 4.79 Å². The maximum absolute atomic E-state index is 13.1. The molecule has 0 bridgehead atoms. The van der Waals surface area contributed by atoms with Gasteiger partial charge in [-0.15, -0.1) is 0 Å². The van der Waals surface area contributed by atoms with E-state index in [0.717, 1.165) is 44.1 Å². The molecule has 0 unspecified atom stereocenters. The molecule has 140 valence electrons. The molecule has 1 aromatic carbocycles. The summed E-state index contributed by atoms with van der Waals surface area (Å²) in [4.78, 5) is 27.5. The van der Waals surface area contributed by atoms with Crippen molar-refractivity contribution in [2.75, 3.05) is 49.1 Å². The highest BCUT2D eigenvalue weighted by Gasteiger charge is 2.54. The molecule has 2 aromatic rings. The maximum atomic E-state index is 13.1. The van der Waals surface area contributed by atoms with E-state index in [4.69, 9.17) is 16.3 Å². The first-order valence-electron chi connectivity index (χ1n) is 9.13. The van der Waals surface area contributed by atoms with Gasteiger partial charge in [-0.1, -0.05) is 11.6 Å². The Morgan fingerprint density at radius 3 is 2.81 bits per heavy atom. The molecule has 0 radical (unpaired) electrons. The topological polar surface area (TPSA) is 61.8 Å². The lowest BCUT2D eigenvalue weighted by Crippen LogP contribution is -2.74. The van der Waals surface area contributed by atoms with Gasteiger partial charge in [0.25, 0.3) is 0 Å². The van der Waals surface area contributed by atoms with Gasteiger partial charge in [-0.05, 0) is 18.6 Å². The van der Waals surface area contributed by atoms with E-state index < -0.39 is 0 Å². The van der Waals surface area contributed by atoms with Gasteiger partial charge < -0.3 is 14.5 Å². The summed E-state index contributed by atoms with van der Waals surface area (Å²) in [6.45, 7) is 4.65. The highest BCUT2D eigenvalue weighted by molar-refractivity contribution is 6.30. The highest BCUT2D eigenvalue weighted by Crippen LogP contribution is 2.42. The van der Waals surface area contributed by atoms with Gasteiger partial charge in [-0.2, -0.15) is 0 Å². The molecule has 7 nitrogen and oxygen atoms in total. The summed E-state index contributed by atoms with van der Waals surface area (Å²) in [5.74, 6) is 1.59. The standard InChI is InChI=1S/C19H20ClN5O2/c20-14-2-3-15-16(8-14)27-7-1-6-25(15)18(26)24-12-19(13-24)10-23(11-19)17-9-21-4-5-22-17/h2-5,8-9H,1,6-7,10-13H2. The van der Waals surface area contributed by atoms with Crippen molar-refractivity contribution in [1.29, 1.82) is 0 Å². The first-order valence-corrected chi connectivity index (χ1v) is 9.51. The number of halogens is 1. The first kappa shape index (κ1) is 16.6. The molecule has 0 aliphatic carbocycles. The molecule has 3 aliphatic heterocycles. The maximum Gasteiger partial charge on any atom is 0.324 e. The van der Waals surface area contributed by atoms with Gasteiger partial charge in [0.1, 0.15) is 11.6 Å². The van der Waals surface area contributed by atoms with E-state index in [1.54, 1.807) is 30.7 Å². The smallest absolute Gasteiger partial charge is 0.324 e. The van der Waals surface area contributed by atoms with Crippen molar-refractivity contribution in [3.8, 4) is 5.75 Å². The number of urea groups is 1. The third kappa shape index (κ3) is 2.86. The molecule has 1 spiro atoms. The van der Waals surface area contributed by atoms with Crippen LogP contribution in [0.2, 0.25) is 5.02 Å². The third-order valence-electron chi connectivity index (χ3n) is 5.48. The van der Waals surface area contributed by atoms with Crippen LogP contribution in [0.15, 0.2) is 36.8 Å². The van der Waals surface area contributed by atoms with Gasteiger partial charge in [-0.25, -0.2) is 9.78 Å². The number of nitrogens with zero attached hydrogens (tertiary/aromatic N) is 5. The number of carbonyl (C=O) groups is 1. The van der Waals surface area contributed by atoms with Crippen LogP contribution in [-0.2, 0) is 0 Å². The second kappa shape index (κ2) is 6.27. The van der Waals surface area contributed by atoms with Crippen LogP contribution in [0, 0.1) is 5.41 Å².